The zero-order valence-corrected chi connectivity index (χ0v) is 16.3. The zero-order chi connectivity index (χ0) is 19.4. The van der Waals surface area contributed by atoms with Gasteiger partial charge in [-0.25, -0.2) is 4.79 Å². The van der Waals surface area contributed by atoms with Crippen LogP contribution >= 0.6 is 0 Å². The van der Waals surface area contributed by atoms with Gasteiger partial charge in [0.1, 0.15) is 24.7 Å². The monoisotopic (exact) mass is 377 g/mol. The summed E-state index contributed by atoms with van der Waals surface area (Å²) in [4.78, 5) is 18.1. The lowest BCUT2D eigenvalue weighted by Crippen LogP contribution is -2.61. The highest BCUT2D eigenvalue weighted by molar-refractivity contribution is 5.88. The summed E-state index contributed by atoms with van der Waals surface area (Å²) >= 11 is 0. The molecule has 2 aliphatic heterocycles. The molecule has 3 rings (SSSR count). The van der Waals surface area contributed by atoms with Crippen molar-refractivity contribution in [1.29, 1.82) is 0 Å². The Labute approximate surface area is 159 Å². The smallest absolute Gasteiger partial charge is 0.342 e. The number of fused-ring (bicyclic) bond motifs is 3. The molecule has 0 radical (unpaired) electrons. The molecule has 0 aromatic heterocycles. The van der Waals surface area contributed by atoms with Crippen molar-refractivity contribution in [3.05, 3.63) is 29.3 Å². The van der Waals surface area contributed by atoms with E-state index in [2.05, 4.69) is 5.16 Å². The van der Waals surface area contributed by atoms with Crippen molar-refractivity contribution in [3.8, 4) is 5.75 Å². The van der Waals surface area contributed by atoms with Crippen molar-refractivity contribution in [2.24, 2.45) is 5.16 Å². The topological polar surface area (TPSA) is 75.6 Å². The van der Waals surface area contributed by atoms with E-state index in [0.29, 0.717) is 25.3 Å². The highest BCUT2D eigenvalue weighted by atomic mass is 16.7. The molecule has 0 bridgehead atoms. The second-order valence-corrected chi connectivity index (χ2v) is 6.63. The SMILES string of the molecule is CCON=C(CC)C1OCC2c3ccc(C)cc3OCC2(C(=O)OCC)O1. The Kier molecular flexibility index (Phi) is 6.01. The molecule has 0 N–H and O–H groups in total. The predicted molar refractivity (Wildman–Crippen MR) is 99.0 cm³/mol. The molecular weight excluding hydrogens is 350 g/mol. The average Bonchev–Trinajstić information content (AvgIpc) is 2.68. The number of aryl methyl sites for hydroxylation is 1. The second-order valence-electron chi connectivity index (χ2n) is 6.63. The molecule has 0 aliphatic carbocycles. The second kappa shape index (κ2) is 8.27. The van der Waals surface area contributed by atoms with Crippen LogP contribution in [0.2, 0.25) is 0 Å². The molecular formula is C20H27NO6. The van der Waals surface area contributed by atoms with Crippen molar-refractivity contribution in [3.63, 3.8) is 0 Å². The van der Waals surface area contributed by atoms with Gasteiger partial charge >= 0.3 is 5.97 Å². The van der Waals surface area contributed by atoms with Gasteiger partial charge in [0.25, 0.3) is 0 Å². The fourth-order valence-electron chi connectivity index (χ4n) is 3.43. The lowest BCUT2D eigenvalue weighted by Gasteiger charge is -2.47. The summed E-state index contributed by atoms with van der Waals surface area (Å²) in [6.45, 7) is 8.63. The molecule has 0 saturated carbocycles. The number of oxime groups is 1. The van der Waals surface area contributed by atoms with Crippen molar-refractivity contribution in [1.82, 2.24) is 0 Å². The van der Waals surface area contributed by atoms with Crippen molar-refractivity contribution in [2.75, 3.05) is 26.4 Å². The summed E-state index contributed by atoms with van der Waals surface area (Å²) in [5.74, 6) is -0.00647. The molecule has 3 atom stereocenters. The number of hydrogen-bond acceptors (Lipinski definition) is 7. The van der Waals surface area contributed by atoms with Crippen LogP contribution in [0.15, 0.2) is 23.4 Å². The van der Waals surface area contributed by atoms with E-state index in [1.165, 1.54) is 0 Å². The zero-order valence-electron chi connectivity index (χ0n) is 16.3. The van der Waals surface area contributed by atoms with E-state index in [0.717, 1.165) is 16.9 Å². The number of rotatable bonds is 6. The lowest BCUT2D eigenvalue weighted by atomic mass is 9.79. The Morgan fingerprint density at radius 1 is 1.30 bits per heavy atom. The van der Waals surface area contributed by atoms with Crippen LogP contribution in [0.4, 0.5) is 0 Å². The van der Waals surface area contributed by atoms with Crippen LogP contribution in [0.3, 0.4) is 0 Å². The first-order valence-corrected chi connectivity index (χ1v) is 9.44. The molecule has 0 spiro atoms. The Morgan fingerprint density at radius 3 is 2.81 bits per heavy atom. The molecule has 0 amide bonds. The van der Waals surface area contributed by atoms with Crippen molar-refractivity contribution in [2.45, 2.75) is 51.9 Å². The molecule has 1 fully saturated rings. The van der Waals surface area contributed by atoms with Gasteiger partial charge in [0.2, 0.25) is 11.9 Å². The Bertz CT molecular complexity index is 718. The average molecular weight is 377 g/mol. The third-order valence-corrected chi connectivity index (χ3v) is 4.85. The van der Waals surface area contributed by atoms with Gasteiger partial charge < -0.3 is 23.8 Å². The van der Waals surface area contributed by atoms with Crippen LogP contribution < -0.4 is 4.74 Å². The van der Waals surface area contributed by atoms with E-state index >= 15 is 0 Å². The summed E-state index contributed by atoms with van der Waals surface area (Å²) < 4.78 is 23.4. The maximum Gasteiger partial charge on any atom is 0.342 e. The quantitative estimate of drug-likeness (QED) is 0.431. The number of nitrogens with zero attached hydrogens (tertiary/aromatic N) is 1. The Morgan fingerprint density at radius 2 is 2.11 bits per heavy atom. The maximum atomic E-state index is 12.9. The van der Waals surface area contributed by atoms with E-state index in [1.54, 1.807) is 6.92 Å². The van der Waals surface area contributed by atoms with Gasteiger partial charge in [0.05, 0.1) is 19.1 Å². The summed E-state index contributed by atoms with van der Waals surface area (Å²) in [5, 5.41) is 4.09. The van der Waals surface area contributed by atoms with E-state index in [4.69, 9.17) is 23.8 Å². The molecule has 7 heteroatoms. The Balaban J connectivity index is 1.97. The number of carbonyl (C=O) groups excluding carboxylic acids is 1. The third kappa shape index (κ3) is 3.66. The predicted octanol–water partition coefficient (Wildman–Crippen LogP) is 2.95. The van der Waals surface area contributed by atoms with Gasteiger partial charge in [-0.3, -0.25) is 0 Å². The fourth-order valence-corrected chi connectivity index (χ4v) is 3.43. The summed E-state index contributed by atoms with van der Waals surface area (Å²) in [5.41, 5.74) is 1.29. The van der Waals surface area contributed by atoms with E-state index in [9.17, 15) is 4.79 Å². The minimum atomic E-state index is -1.27. The maximum absolute atomic E-state index is 12.9. The molecule has 1 aromatic carbocycles. The van der Waals surface area contributed by atoms with Crippen molar-refractivity contribution >= 4 is 11.7 Å². The standard InChI is InChI=1S/C20H27NO6/c1-5-16(21-26-7-3)18-24-11-15-14-9-8-13(4)10-17(14)25-12-20(15,27-18)19(22)23-6-2/h8-10,15,18H,5-7,11-12H2,1-4H3. The molecule has 27 heavy (non-hydrogen) atoms. The first-order chi connectivity index (χ1) is 13.1. The van der Waals surface area contributed by atoms with Gasteiger partial charge in [-0.05, 0) is 38.8 Å². The van der Waals surface area contributed by atoms with E-state index < -0.39 is 17.9 Å². The van der Waals surface area contributed by atoms with E-state index in [1.807, 2.05) is 39.0 Å². The normalized spacial score (nSPS) is 27.2. The molecule has 1 aromatic rings. The minimum absolute atomic E-state index is 0.0679. The highest BCUT2D eigenvalue weighted by Crippen LogP contribution is 2.46. The molecule has 148 valence electrons. The first kappa shape index (κ1) is 19.6. The third-order valence-electron chi connectivity index (χ3n) is 4.85. The fraction of sp³-hybridized carbons (Fsp3) is 0.600. The first-order valence-electron chi connectivity index (χ1n) is 9.44. The summed E-state index contributed by atoms with van der Waals surface area (Å²) in [6, 6.07) is 5.92. The number of carbonyl (C=O) groups is 1. The van der Waals surface area contributed by atoms with Crippen LogP contribution in [0.25, 0.3) is 0 Å². The van der Waals surface area contributed by atoms with Crippen LogP contribution in [0, 0.1) is 6.92 Å². The van der Waals surface area contributed by atoms with Crippen LogP contribution in [0.1, 0.15) is 44.2 Å². The lowest BCUT2D eigenvalue weighted by molar-refractivity contribution is -0.256. The number of hydrogen-bond donors (Lipinski definition) is 0. The Hall–Kier alpha value is -2.12. The summed E-state index contributed by atoms with van der Waals surface area (Å²) in [6.07, 6.45) is -0.206. The van der Waals surface area contributed by atoms with Crippen LogP contribution in [-0.2, 0) is 23.8 Å². The highest BCUT2D eigenvalue weighted by Gasteiger charge is 2.58. The van der Waals surface area contributed by atoms with Gasteiger partial charge in [-0.1, -0.05) is 24.2 Å². The number of esters is 1. The summed E-state index contributed by atoms with van der Waals surface area (Å²) in [7, 11) is 0. The van der Waals surface area contributed by atoms with Crippen molar-refractivity contribution < 1.29 is 28.6 Å². The van der Waals surface area contributed by atoms with Crippen LogP contribution in [-0.4, -0.2) is 50.0 Å². The minimum Gasteiger partial charge on any atom is -0.490 e. The molecule has 2 aliphatic rings. The van der Waals surface area contributed by atoms with Gasteiger partial charge in [0.15, 0.2) is 0 Å². The molecule has 7 nitrogen and oxygen atoms in total. The molecule has 3 unspecified atom stereocenters. The van der Waals surface area contributed by atoms with Gasteiger partial charge in [-0.2, -0.15) is 0 Å². The van der Waals surface area contributed by atoms with Gasteiger partial charge in [-0.15, -0.1) is 0 Å². The molecule has 2 heterocycles. The van der Waals surface area contributed by atoms with Crippen LogP contribution in [0.5, 0.6) is 5.75 Å². The number of ether oxygens (including phenoxy) is 4. The van der Waals surface area contributed by atoms with Gasteiger partial charge in [0, 0.05) is 5.56 Å². The molecule has 1 saturated heterocycles. The van der Waals surface area contributed by atoms with E-state index in [-0.39, 0.29) is 19.1 Å². The largest absolute Gasteiger partial charge is 0.490 e. The number of benzene rings is 1.